The third kappa shape index (κ3) is 5.49. The predicted octanol–water partition coefficient (Wildman–Crippen LogP) is 3.99. The van der Waals surface area contributed by atoms with Gasteiger partial charge in [0.2, 0.25) is 5.91 Å². The molecule has 0 unspecified atom stereocenters. The lowest BCUT2D eigenvalue weighted by Gasteiger charge is -2.10. The third-order valence-corrected chi connectivity index (χ3v) is 7.52. The fourth-order valence-corrected chi connectivity index (χ4v) is 5.85. The van der Waals surface area contributed by atoms with Crippen LogP contribution >= 0.6 is 23.1 Å². The molecule has 8 heteroatoms. The molecule has 3 aromatic rings. The number of aromatic nitrogens is 2. The number of amides is 1. The van der Waals surface area contributed by atoms with Crippen molar-refractivity contribution in [1.29, 1.82) is 0 Å². The molecule has 4 rings (SSSR count). The van der Waals surface area contributed by atoms with Gasteiger partial charge in [0.25, 0.3) is 5.56 Å². The molecule has 0 fully saturated rings. The second kappa shape index (κ2) is 10.3. The second-order valence-corrected chi connectivity index (χ2v) is 9.86. The lowest BCUT2D eigenvalue weighted by Crippen LogP contribution is -2.28. The maximum absolute atomic E-state index is 12.6. The van der Waals surface area contributed by atoms with E-state index in [2.05, 4.69) is 15.3 Å². The first-order valence-corrected chi connectivity index (χ1v) is 12.7. The van der Waals surface area contributed by atoms with Crippen molar-refractivity contribution in [2.24, 2.45) is 0 Å². The Kier molecular flexibility index (Phi) is 7.29. The van der Waals surface area contributed by atoms with E-state index in [4.69, 9.17) is 4.74 Å². The van der Waals surface area contributed by atoms with E-state index in [-0.39, 0.29) is 11.5 Å². The Balaban J connectivity index is 1.19. The van der Waals surface area contributed by atoms with Gasteiger partial charge in [-0.1, -0.05) is 18.2 Å². The van der Waals surface area contributed by atoms with E-state index in [0.717, 1.165) is 40.8 Å². The van der Waals surface area contributed by atoms with Gasteiger partial charge in [0.1, 0.15) is 23.0 Å². The summed E-state index contributed by atoms with van der Waals surface area (Å²) in [7, 11) is 0. The number of carbonyl (C=O) groups is 1. The smallest absolute Gasteiger partial charge is 0.259 e. The first-order valence-electron chi connectivity index (χ1n) is 10.7. The largest absolute Gasteiger partial charge is 0.491 e. The van der Waals surface area contributed by atoms with Gasteiger partial charge in [-0.2, -0.15) is 11.8 Å². The van der Waals surface area contributed by atoms with Crippen molar-refractivity contribution in [1.82, 2.24) is 15.3 Å². The molecular formula is C23H27N3O3S2. The van der Waals surface area contributed by atoms with Gasteiger partial charge in [-0.25, -0.2) is 4.98 Å². The topological polar surface area (TPSA) is 84.1 Å². The van der Waals surface area contributed by atoms with Crippen molar-refractivity contribution in [2.45, 2.75) is 44.8 Å². The van der Waals surface area contributed by atoms with Crippen molar-refractivity contribution in [3.05, 3.63) is 56.4 Å². The van der Waals surface area contributed by atoms with Crippen molar-refractivity contribution in [3.63, 3.8) is 0 Å². The van der Waals surface area contributed by atoms with E-state index in [1.165, 1.54) is 16.9 Å². The molecule has 1 aliphatic carbocycles. The van der Waals surface area contributed by atoms with Gasteiger partial charge in [0.15, 0.2) is 0 Å². The number of hydrogen-bond acceptors (Lipinski definition) is 6. The number of ether oxygens (including phenoxy) is 1. The molecule has 0 saturated carbocycles. The maximum Gasteiger partial charge on any atom is 0.259 e. The highest BCUT2D eigenvalue weighted by Crippen LogP contribution is 2.33. The van der Waals surface area contributed by atoms with Crippen molar-refractivity contribution in [2.75, 3.05) is 18.9 Å². The van der Waals surface area contributed by atoms with Crippen LogP contribution in [0.2, 0.25) is 0 Å². The van der Waals surface area contributed by atoms with E-state index in [1.807, 2.05) is 31.2 Å². The fraction of sp³-hybridized carbons (Fsp3) is 0.435. The summed E-state index contributed by atoms with van der Waals surface area (Å²) in [4.78, 5) is 34.4. The Morgan fingerprint density at radius 1 is 1.29 bits per heavy atom. The number of fused-ring (bicyclic) bond motifs is 3. The number of rotatable bonds is 9. The van der Waals surface area contributed by atoms with Crippen LogP contribution in [0, 0.1) is 6.92 Å². The summed E-state index contributed by atoms with van der Waals surface area (Å²) in [5.41, 5.74) is 2.27. The van der Waals surface area contributed by atoms with E-state index in [9.17, 15) is 9.59 Å². The Morgan fingerprint density at radius 3 is 3.00 bits per heavy atom. The summed E-state index contributed by atoms with van der Waals surface area (Å²) in [5.74, 6) is 2.80. The fourth-order valence-electron chi connectivity index (χ4n) is 3.77. The zero-order chi connectivity index (χ0) is 21.6. The van der Waals surface area contributed by atoms with Crippen LogP contribution < -0.4 is 15.6 Å². The summed E-state index contributed by atoms with van der Waals surface area (Å²) >= 11 is 3.27. The number of aryl methyl sites for hydroxylation is 3. The predicted molar refractivity (Wildman–Crippen MR) is 127 cm³/mol. The molecule has 164 valence electrons. The van der Waals surface area contributed by atoms with Crippen molar-refractivity contribution < 1.29 is 9.53 Å². The Labute approximate surface area is 189 Å². The van der Waals surface area contributed by atoms with Crippen molar-refractivity contribution in [3.8, 4) is 5.75 Å². The molecule has 0 aliphatic heterocycles. The molecule has 0 atom stereocenters. The van der Waals surface area contributed by atoms with Gasteiger partial charge < -0.3 is 15.0 Å². The average Bonchev–Trinajstić information content (AvgIpc) is 3.14. The number of thioether (sulfide) groups is 1. The normalized spacial score (nSPS) is 13.2. The lowest BCUT2D eigenvalue weighted by atomic mass is 9.97. The Morgan fingerprint density at radius 2 is 2.13 bits per heavy atom. The van der Waals surface area contributed by atoms with E-state index in [1.54, 1.807) is 23.1 Å². The molecule has 2 aromatic heterocycles. The molecule has 0 saturated heterocycles. The first kappa shape index (κ1) is 21.9. The highest BCUT2D eigenvalue weighted by atomic mass is 32.2. The van der Waals surface area contributed by atoms with Crippen LogP contribution in [-0.4, -0.2) is 34.8 Å². The summed E-state index contributed by atoms with van der Waals surface area (Å²) < 4.78 is 5.69. The summed E-state index contributed by atoms with van der Waals surface area (Å²) in [6.45, 7) is 2.92. The van der Waals surface area contributed by atoms with Gasteiger partial charge in [-0.15, -0.1) is 11.3 Å². The number of hydrogen-bond donors (Lipinski definition) is 2. The molecule has 0 bridgehead atoms. The van der Waals surface area contributed by atoms with Gasteiger partial charge in [-0.05, 0) is 49.8 Å². The zero-order valence-electron chi connectivity index (χ0n) is 17.7. The van der Waals surface area contributed by atoms with Gasteiger partial charge in [-0.3, -0.25) is 9.59 Å². The van der Waals surface area contributed by atoms with Crippen molar-refractivity contribution >= 4 is 39.2 Å². The highest BCUT2D eigenvalue weighted by molar-refractivity contribution is 7.98. The lowest BCUT2D eigenvalue weighted by molar-refractivity contribution is -0.120. The molecule has 0 radical (unpaired) electrons. The summed E-state index contributed by atoms with van der Waals surface area (Å²) in [5, 5.41) is 3.68. The monoisotopic (exact) mass is 457 g/mol. The van der Waals surface area contributed by atoms with Crippen LogP contribution in [0.5, 0.6) is 5.75 Å². The number of H-pyrrole nitrogens is 1. The molecule has 6 nitrogen and oxygen atoms in total. The van der Waals surface area contributed by atoms with Crippen LogP contribution in [0.25, 0.3) is 10.2 Å². The number of para-hydroxylation sites is 1. The third-order valence-electron chi connectivity index (χ3n) is 5.36. The van der Waals surface area contributed by atoms with Crippen LogP contribution in [0.1, 0.15) is 41.1 Å². The Bertz CT molecular complexity index is 1120. The molecule has 1 amide bonds. The number of nitrogens with zero attached hydrogens (tertiary/aromatic N) is 1. The molecule has 2 N–H and O–H groups in total. The molecule has 1 aromatic carbocycles. The number of benzene rings is 1. The molecule has 2 heterocycles. The van der Waals surface area contributed by atoms with E-state index < -0.39 is 0 Å². The number of carbonyl (C=O) groups excluding carboxylic acids is 1. The quantitative estimate of drug-likeness (QED) is 0.475. The second-order valence-electron chi connectivity index (χ2n) is 7.67. The minimum Gasteiger partial charge on any atom is -0.491 e. The molecule has 31 heavy (non-hydrogen) atoms. The minimum atomic E-state index is -0.0219. The van der Waals surface area contributed by atoms with Gasteiger partial charge >= 0.3 is 0 Å². The van der Waals surface area contributed by atoms with Gasteiger partial charge in [0.05, 0.1) is 17.7 Å². The summed E-state index contributed by atoms with van der Waals surface area (Å²) in [6.07, 6.45) is 4.82. The number of thiophene rings is 1. The van der Waals surface area contributed by atoms with Crippen LogP contribution in [0.15, 0.2) is 29.1 Å². The molecular weight excluding hydrogens is 430 g/mol. The number of aromatic amines is 1. The average molecular weight is 458 g/mol. The van der Waals surface area contributed by atoms with Crippen LogP contribution in [0.4, 0.5) is 0 Å². The SMILES string of the molecule is Cc1ccccc1OCCNC(=O)CCSCc1nc2sc3c(c2c(=O)[nH]1)CCCC3. The van der Waals surface area contributed by atoms with E-state index in [0.29, 0.717) is 36.9 Å². The maximum atomic E-state index is 12.6. The zero-order valence-corrected chi connectivity index (χ0v) is 19.3. The first-order chi connectivity index (χ1) is 15.1. The van der Waals surface area contributed by atoms with E-state index >= 15 is 0 Å². The van der Waals surface area contributed by atoms with Crippen LogP contribution in [0.3, 0.4) is 0 Å². The van der Waals surface area contributed by atoms with Crippen LogP contribution in [-0.2, 0) is 23.4 Å². The molecule has 1 aliphatic rings. The Hall–Kier alpha value is -2.32. The van der Waals surface area contributed by atoms with Gasteiger partial charge in [0, 0.05) is 17.1 Å². The molecule has 0 spiro atoms. The highest BCUT2D eigenvalue weighted by Gasteiger charge is 2.19. The number of nitrogens with one attached hydrogen (secondary N) is 2. The minimum absolute atomic E-state index is 0.00344. The standard InChI is InChI=1S/C23H27N3O3S2/c1-15-6-2-4-8-17(15)29-12-11-24-20(27)10-13-30-14-19-25-22(28)21-16-7-3-5-9-18(16)31-23(21)26-19/h2,4,6,8H,3,5,7,9-14H2,1H3,(H,24,27)(H,25,26,28). The summed E-state index contributed by atoms with van der Waals surface area (Å²) in [6, 6.07) is 7.83.